The molecule has 26 heavy (non-hydrogen) atoms. The summed E-state index contributed by atoms with van der Waals surface area (Å²) in [4.78, 5) is 24.1. The molecule has 0 heterocycles. The number of amides is 1. The van der Waals surface area contributed by atoms with Crippen molar-refractivity contribution in [1.82, 2.24) is 0 Å². The summed E-state index contributed by atoms with van der Waals surface area (Å²) in [5.74, 6) is -0.0637. The number of ether oxygens (including phenoxy) is 2. The van der Waals surface area contributed by atoms with Gasteiger partial charge in [0.05, 0.1) is 12.7 Å². The van der Waals surface area contributed by atoms with Gasteiger partial charge in [-0.3, -0.25) is 4.79 Å². The van der Waals surface area contributed by atoms with Crippen molar-refractivity contribution in [2.75, 3.05) is 12.4 Å². The maximum atomic E-state index is 12.5. The molecule has 138 valence electrons. The van der Waals surface area contributed by atoms with Crippen LogP contribution in [0.15, 0.2) is 48.5 Å². The second-order valence-corrected chi connectivity index (χ2v) is 7.07. The standard InChI is InChI=1S/C21H25NO4/c1-14(26-18-12-7-6-11-17(18)21(2,3)4)19(23)22-16-10-8-9-15(13-16)20(24)25-5/h6-14H,1-5H3,(H,22,23). The highest BCUT2D eigenvalue weighted by atomic mass is 16.5. The zero-order chi connectivity index (χ0) is 19.3. The topological polar surface area (TPSA) is 64.6 Å². The van der Waals surface area contributed by atoms with E-state index in [-0.39, 0.29) is 11.3 Å². The van der Waals surface area contributed by atoms with Crippen LogP contribution in [-0.2, 0) is 14.9 Å². The maximum Gasteiger partial charge on any atom is 0.337 e. The van der Waals surface area contributed by atoms with Gasteiger partial charge in [-0.2, -0.15) is 0 Å². The predicted molar refractivity (Wildman–Crippen MR) is 102 cm³/mol. The Hall–Kier alpha value is -2.82. The summed E-state index contributed by atoms with van der Waals surface area (Å²) in [5, 5.41) is 2.77. The molecule has 0 spiro atoms. The third-order valence-corrected chi connectivity index (χ3v) is 3.92. The lowest BCUT2D eigenvalue weighted by Crippen LogP contribution is -2.31. The molecule has 0 aliphatic heterocycles. The van der Waals surface area contributed by atoms with Crippen molar-refractivity contribution in [1.29, 1.82) is 0 Å². The number of carbonyl (C=O) groups excluding carboxylic acids is 2. The van der Waals surface area contributed by atoms with Gasteiger partial charge in [-0.05, 0) is 42.2 Å². The van der Waals surface area contributed by atoms with Crippen LogP contribution in [0.5, 0.6) is 5.75 Å². The van der Waals surface area contributed by atoms with Gasteiger partial charge in [-0.1, -0.05) is 45.0 Å². The van der Waals surface area contributed by atoms with E-state index in [0.29, 0.717) is 17.0 Å². The summed E-state index contributed by atoms with van der Waals surface area (Å²) in [5.41, 5.74) is 1.82. The highest BCUT2D eigenvalue weighted by Crippen LogP contribution is 2.31. The first kappa shape index (κ1) is 19.5. The third-order valence-electron chi connectivity index (χ3n) is 3.92. The Morgan fingerprint density at radius 2 is 1.73 bits per heavy atom. The molecule has 1 N–H and O–H groups in total. The number of methoxy groups -OCH3 is 1. The Balaban J connectivity index is 2.11. The molecule has 5 nitrogen and oxygen atoms in total. The van der Waals surface area contributed by atoms with Crippen molar-refractivity contribution in [3.63, 3.8) is 0 Å². The number of para-hydroxylation sites is 1. The van der Waals surface area contributed by atoms with Crippen LogP contribution in [0.25, 0.3) is 0 Å². The van der Waals surface area contributed by atoms with Gasteiger partial charge in [0.2, 0.25) is 0 Å². The zero-order valence-corrected chi connectivity index (χ0v) is 15.8. The fourth-order valence-electron chi connectivity index (χ4n) is 2.52. The summed E-state index contributed by atoms with van der Waals surface area (Å²) in [6, 6.07) is 14.3. The lowest BCUT2D eigenvalue weighted by Gasteiger charge is -2.24. The van der Waals surface area contributed by atoms with Gasteiger partial charge in [0, 0.05) is 5.69 Å². The van der Waals surface area contributed by atoms with E-state index >= 15 is 0 Å². The van der Waals surface area contributed by atoms with Crippen LogP contribution in [0.2, 0.25) is 0 Å². The minimum absolute atomic E-state index is 0.0956. The Morgan fingerprint density at radius 3 is 2.38 bits per heavy atom. The summed E-state index contributed by atoms with van der Waals surface area (Å²) in [6.07, 6.45) is -0.694. The van der Waals surface area contributed by atoms with Gasteiger partial charge in [-0.15, -0.1) is 0 Å². The van der Waals surface area contributed by atoms with E-state index in [4.69, 9.17) is 9.47 Å². The predicted octanol–water partition coefficient (Wildman–Crippen LogP) is 4.18. The van der Waals surface area contributed by atoms with Crippen molar-refractivity contribution >= 4 is 17.6 Å². The van der Waals surface area contributed by atoms with Crippen LogP contribution in [0.1, 0.15) is 43.6 Å². The van der Waals surface area contributed by atoms with E-state index in [1.807, 2.05) is 24.3 Å². The highest BCUT2D eigenvalue weighted by Gasteiger charge is 2.22. The molecule has 0 aromatic heterocycles. The number of hydrogen-bond acceptors (Lipinski definition) is 4. The van der Waals surface area contributed by atoms with Gasteiger partial charge in [0.15, 0.2) is 6.10 Å². The monoisotopic (exact) mass is 355 g/mol. The summed E-state index contributed by atoms with van der Waals surface area (Å²) >= 11 is 0. The average Bonchev–Trinajstić information content (AvgIpc) is 2.60. The van der Waals surface area contributed by atoms with E-state index in [2.05, 4.69) is 26.1 Å². The van der Waals surface area contributed by atoms with Gasteiger partial charge in [0.25, 0.3) is 5.91 Å². The number of benzene rings is 2. The molecule has 0 radical (unpaired) electrons. The minimum atomic E-state index is -0.694. The molecule has 0 saturated carbocycles. The van der Waals surface area contributed by atoms with Crippen molar-refractivity contribution in [2.24, 2.45) is 0 Å². The smallest absolute Gasteiger partial charge is 0.337 e. The number of esters is 1. The summed E-state index contributed by atoms with van der Waals surface area (Å²) < 4.78 is 10.6. The quantitative estimate of drug-likeness (QED) is 0.817. The number of carbonyl (C=O) groups is 2. The van der Waals surface area contributed by atoms with Crippen LogP contribution in [0.4, 0.5) is 5.69 Å². The minimum Gasteiger partial charge on any atom is -0.481 e. The van der Waals surface area contributed by atoms with Gasteiger partial charge < -0.3 is 14.8 Å². The third kappa shape index (κ3) is 4.85. The Morgan fingerprint density at radius 1 is 1.04 bits per heavy atom. The Labute approximate surface area is 154 Å². The first-order valence-corrected chi connectivity index (χ1v) is 8.48. The van der Waals surface area contributed by atoms with Gasteiger partial charge in [-0.25, -0.2) is 4.79 Å². The lowest BCUT2D eigenvalue weighted by atomic mass is 9.86. The van der Waals surface area contributed by atoms with Gasteiger partial charge >= 0.3 is 5.97 Å². The first-order valence-electron chi connectivity index (χ1n) is 8.48. The molecule has 0 aliphatic carbocycles. The van der Waals surface area contributed by atoms with Gasteiger partial charge in [0.1, 0.15) is 5.75 Å². The number of hydrogen-bond donors (Lipinski definition) is 1. The van der Waals surface area contributed by atoms with E-state index in [0.717, 1.165) is 5.56 Å². The number of rotatable bonds is 5. The van der Waals surface area contributed by atoms with Crippen LogP contribution < -0.4 is 10.1 Å². The Kier molecular flexibility index (Phi) is 6.03. The second kappa shape index (κ2) is 8.04. The van der Waals surface area contributed by atoms with E-state index < -0.39 is 12.1 Å². The molecule has 0 bridgehead atoms. The van der Waals surface area contributed by atoms with Crippen molar-refractivity contribution in [3.8, 4) is 5.75 Å². The molecule has 1 unspecified atom stereocenters. The molecule has 5 heteroatoms. The molecule has 1 atom stereocenters. The molecule has 0 fully saturated rings. The maximum absolute atomic E-state index is 12.5. The van der Waals surface area contributed by atoms with E-state index in [1.54, 1.807) is 31.2 Å². The molecule has 2 aromatic carbocycles. The molecule has 0 saturated heterocycles. The number of nitrogens with one attached hydrogen (secondary N) is 1. The molecular formula is C21H25NO4. The van der Waals surface area contributed by atoms with E-state index in [9.17, 15) is 9.59 Å². The summed E-state index contributed by atoms with van der Waals surface area (Å²) in [7, 11) is 1.32. The van der Waals surface area contributed by atoms with Crippen molar-refractivity contribution in [2.45, 2.75) is 39.2 Å². The van der Waals surface area contributed by atoms with Crippen LogP contribution in [-0.4, -0.2) is 25.1 Å². The van der Waals surface area contributed by atoms with E-state index in [1.165, 1.54) is 7.11 Å². The second-order valence-electron chi connectivity index (χ2n) is 7.07. The zero-order valence-electron chi connectivity index (χ0n) is 15.8. The summed E-state index contributed by atoms with van der Waals surface area (Å²) in [6.45, 7) is 7.98. The lowest BCUT2D eigenvalue weighted by molar-refractivity contribution is -0.122. The Bertz CT molecular complexity index is 793. The van der Waals surface area contributed by atoms with Crippen molar-refractivity contribution < 1.29 is 19.1 Å². The highest BCUT2D eigenvalue weighted by molar-refractivity contribution is 5.96. The van der Waals surface area contributed by atoms with Crippen LogP contribution in [0.3, 0.4) is 0 Å². The largest absolute Gasteiger partial charge is 0.481 e. The first-order chi connectivity index (χ1) is 12.2. The average molecular weight is 355 g/mol. The fraction of sp³-hybridized carbons (Fsp3) is 0.333. The molecule has 2 rings (SSSR count). The SMILES string of the molecule is COC(=O)c1cccc(NC(=O)C(C)Oc2ccccc2C(C)(C)C)c1. The fourth-order valence-corrected chi connectivity index (χ4v) is 2.52. The normalized spacial score (nSPS) is 12.2. The van der Waals surface area contributed by atoms with Crippen LogP contribution >= 0.6 is 0 Å². The molecular weight excluding hydrogens is 330 g/mol. The molecule has 0 aliphatic rings. The van der Waals surface area contributed by atoms with Crippen molar-refractivity contribution in [3.05, 3.63) is 59.7 Å². The number of anilines is 1. The molecule has 1 amide bonds. The molecule has 2 aromatic rings. The van der Waals surface area contributed by atoms with Crippen LogP contribution in [0, 0.1) is 0 Å².